The van der Waals surface area contributed by atoms with Gasteiger partial charge < -0.3 is 15.1 Å². The summed E-state index contributed by atoms with van der Waals surface area (Å²) < 4.78 is 5.76. The molecule has 2 amide bonds. The fourth-order valence-electron chi connectivity index (χ4n) is 2.79. The largest absolute Gasteiger partial charge is 0.440 e. The Morgan fingerprint density at radius 3 is 2.44 bits per heavy atom. The zero-order valence-electron chi connectivity index (χ0n) is 14.3. The van der Waals surface area contributed by atoms with E-state index in [1.807, 2.05) is 48.5 Å². The molecule has 0 aliphatic rings. The third-order valence-electron chi connectivity index (χ3n) is 3.96. The van der Waals surface area contributed by atoms with Gasteiger partial charge >= 0.3 is 6.03 Å². The molecule has 0 radical (unpaired) electrons. The Morgan fingerprint density at radius 2 is 1.67 bits per heavy atom. The quantitative estimate of drug-likeness (QED) is 0.478. The van der Waals surface area contributed by atoms with Gasteiger partial charge in [0.2, 0.25) is 0 Å². The summed E-state index contributed by atoms with van der Waals surface area (Å²) in [6.45, 7) is 0. The highest BCUT2D eigenvalue weighted by atomic mass is 35.5. The number of urea groups is 1. The van der Waals surface area contributed by atoms with E-state index < -0.39 is 0 Å². The molecule has 5 nitrogen and oxygen atoms in total. The molecule has 0 unspecified atom stereocenters. The number of halogens is 1. The van der Waals surface area contributed by atoms with Crippen molar-refractivity contribution >= 4 is 40.1 Å². The lowest BCUT2D eigenvalue weighted by Crippen LogP contribution is -2.19. The Hall–Kier alpha value is -3.31. The first-order chi connectivity index (χ1) is 13.2. The van der Waals surface area contributed by atoms with Gasteiger partial charge in [-0.15, -0.1) is 0 Å². The van der Waals surface area contributed by atoms with E-state index in [1.54, 1.807) is 24.3 Å². The molecule has 0 aliphatic carbocycles. The minimum absolute atomic E-state index is 0.337. The first kappa shape index (κ1) is 17.1. The molecule has 0 spiro atoms. The van der Waals surface area contributed by atoms with Gasteiger partial charge in [-0.05, 0) is 48.0 Å². The SMILES string of the molecule is O=C(Nc1cccc(Cl)c1)Nc1cccc(Cc2nc3ccccc3o2)c1. The summed E-state index contributed by atoms with van der Waals surface area (Å²) in [5.41, 5.74) is 3.90. The molecule has 4 aromatic rings. The summed E-state index contributed by atoms with van der Waals surface area (Å²) in [7, 11) is 0. The number of carbonyl (C=O) groups excluding carboxylic acids is 1. The van der Waals surface area contributed by atoms with Crippen molar-refractivity contribution in [3.63, 3.8) is 0 Å². The first-order valence-electron chi connectivity index (χ1n) is 8.43. The summed E-state index contributed by atoms with van der Waals surface area (Å²) in [5, 5.41) is 6.13. The lowest BCUT2D eigenvalue weighted by molar-refractivity contribution is 0.262. The van der Waals surface area contributed by atoms with E-state index in [0.717, 1.165) is 16.7 Å². The number of para-hydroxylation sites is 2. The zero-order valence-corrected chi connectivity index (χ0v) is 15.0. The molecule has 134 valence electrons. The van der Waals surface area contributed by atoms with Gasteiger partial charge in [-0.1, -0.05) is 41.9 Å². The number of aromatic nitrogens is 1. The highest BCUT2D eigenvalue weighted by Crippen LogP contribution is 2.20. The van der Waals surface area contributed by atoms with Crippen molar-refractivity contribution in [2.24, 2.45) is 0 Å². The van der Waals surface area contributed by atoms with Crippen molar-refractivity contribution in [1.29, 1.82) is 0 Å². The van der Waals surface area contributed by atoms with Gasteiger partial charge in [-0.2, -0.15) is 0 Å². The van der Waals surface area contributed by atoms with E-state index in [4.69, 9.17) is 16.0 Å². The van der Waals surface area contributed by atoms with Crippen LogP contribution in [-0.4, -0.2) is 11.0 Å². The smallest absolute Gasteiger partial charge is 0.323 e. The number of fused-ring (bicyclic) bond motifs is 1. The number of carbonyl (C=O) groups is 1. The molecule has 4 rings (SSSR count). The number of hydrogen-bond donors (Lipinski definition) is 2. The van der Waals surface area contributed by atoms with Gasteiger partial charge in [-0.3, -0.25) is 0 Å². The number of hydrogen-bond acceptors (Lipinski definition) is 3. The lowest BCUT2D eigenvalue weighted by Gasteiger charge is -2.09. The number of nitrogens with zero attached hydrogens (tertiary/aromatic N) is 1. The Labute approximate surface area is 161 Å². The molecule has 0 saturated heterocycles. The van der Waals surface area contributed by atoms with Crippen molar-refractivity contribution in [2.45, 2.75) is 6.42 Å². The predicted octanol–water partition coefficient (Wildman–Crippen LogP) is 5.72. The van der Waals surface area contributed by atoms with Crippen LogP contribution in [0.5, 0.6) is 0 Å². The minimum atomic E-state index is -0.337. The Morgan fingerprint density at radius 1 is 0.926 bits per heavy atom. The number of amides is 2. The number of anilines is 2. The summed E-state index contributed by atoms with van der Waals surface area (Å²) in [5.74, 6) is 0.636. The van der Waals surface area contributed by atoms with E-state index >= 15 is 0 Å². The van der Waals surface area contributed by atoms with Crippen LogP contribution in [0, 0.1) is 0 Å². The molecular formula is C21H16ClN3O2. The molecular weight excluding hydrogens is 362 g/mol. The predicted molar refractivity (Wildman–Crippen MR) is 107 cm³/mol. The van der Waals surface area contributed by atoms with Gasteiger partial charge in [-0.25, -0.2) is 9.78 Å². The first-order valence-corrected chi connectivity index (χ1v) is 8.80. The van der Waals surface area contributed by atoms with E-state index in [1.165, 1.54) is 0 Å². The van der Waals surface area contributed by atoms with E-state index in [-0.39, 0.29) is 6.03 Å². The highest BCUT2D eigenvalue weighted by molar-refractivity contribution is 6.30. The summed E-state index contributed by atoms with van der Waals surface area (Å²) in [6.07, 6.45) is 0.542. The molecule has 2 N–H and O–H groups in total. The van der Waals surface area contributed by atoms with Crippen LogP contribution >= 0.6 is 11.6 Å². The Balaban J connectivity index is 1.44. The Kier molecular flexibility index (Phi) is 4.77. The second kappa shape index (κ2) is 7.51. The topological polar surface area (TPSA) is 67.2 Å². The number of nitrogens with one attached hydrogen (secondary N) is 2. The third-order valence-corrected chi connectivity index (χ3v) is 4.20. The molecule has 0 saturated carbocycles. The normalized spacial score (nSPS) is 10.7. The van der Waals surface area contributed by atoms with Gasteiger partial charge in [0.05, 0.1) is 0 Å². The molecule has 1 heterocycles. The molecule has 0 fully saturated rings. The summed E-state index contributed by atoms with van der Waals surface area (Å²) >= 11 is 5.93. The molecule has 3 aromatic carbocycles. The molecule has 1 aromatic heterocycles. The Bertz CT molecular complexity index is 1070. The average molecular weight is 378 g/mol. The third kappa shape index (κ3) is 4.27. The molecule has 6 heteroatoms. The second-order valence-electron chi connectivity index (χ2n) is 6.04. The summed E-state index contributed by atoms with van der Waals surface area (Å²) in [4.78, 5) is 16.7. The van der Waals surface area contributed by atoms with Crippen molar-refractivity contribution in [1.82, 2.24) is 4.98 Å². The molecule has 0 atom stereocenters. The van der Waals surface area contributed by atoms with Gasteiger partial charge in [0.25, 0.3) is 0 Å². The molecule has 0 bridgehead atoms. The van der Waals surface area contributed by atoms with Crippen molar-refractivity contribution in [3.05, 3.63) is 89.3 Å². The standard InChI is InChI=1S/C21H16ClN3O2/c22-15-6-4-8-17(13-15)24-21(26)23-16-7-3-5-14(11-16)12-20-25-18-9-1-2-10-19(18)27-20/h1-11,13H,12H2,(H2,23,24,26). The maximum Gasteiger partial charge on any atom is 0.323 e. The maximum atomic E-state index is 12.2. The lowest BCUT2D eigenvalue weighted by atomic mass is 10.1. The van der Waals surface area contributed by atoms with Crippen LogP contribution in [0.2, 0.25) is 5.02 Å². The van der Waals surface area contributed by atoms with Crippen molar-refractivity contribution in [2.75, 3.05) is 10.6 Å². The van der Waals surface area contributed by atoms with E-state index in [0.29, 0.717) is 28.7 Å². The van der Waals surface area contributed by atoms with Crippen molar-refractivity contribution < 1.29 is 9.21 Å². The highest BCUT2D eigenvalue weighted by Gasteiger charge is 2.08. The molecule has 0 aliphatic heterocycles. The fourth-order valence-corrected chi connectivity index (χ4v) is 2.98. The molecule has 27 heavy (non-hydrogen) atoms. The fraction of sp³-hybridized carbons (Fsp3) is 0.0476. The van der Waals surface area contributed by atoms with E-state index in [9.17, 15) is 4.79 Å². The van der Waals surface area contributed by atoms with Gasteiger partial charge in [0, 0.05) is 22.8 Å². The van der Waals surface area contributed by atoms with Crippen LogP contribution in [-0.2, 0) is 6.42 Å². The average Bonchev–Trinajstić information content (AvgIpc) is 3.04. The summed E-state index contributed by atoms with van der Waals surface area (Å²) in [6, 6.07) is 21.9. The maximum absolute atomic E-state index is 12.2. The van der Waals surface area contributed by atoms with Gasteiger partial charge in [0.1, 0.15) is 5.52 Å². The minimum Gasteiger partial charge on any atom is -0.440 e. The number of oxazole rings is 1. The second-order valence-corrected chi connectivity index (χ2v) is 6.48. The van der Waals surface area contributed by atoms with Crippen LogP contribution in [0.3, 0.4) is 0 Å². The van der Waals surface area contributed by atoms with Crippen LogP contribution < -0.4 is 10.6 Å². The van der Waals surface area contributed by atoms with Crippen LogP contribution in [0.25, 0.3) is 11.1 Å². The van der Waals surface area contributed by atoms with Gasteiger partial charge in [0.15, 0.2) is 11.5 Å². The zero-order chi connectivity index (χ0) is 18.6. The van der Waals surface area contributed by atoms with Crippen LogP contribution in [0.1, 0.15) is 11.5 Å². The number of benzene rings is 3. The van der Waals surface area contributed by atoms with Crippen LogP contribution in [0.15, 0.2) is 77.2 Å². The monoisotopic (exact) mass is 377 g/mol. The number of rotatable bonds is 4. The van der Waals surface area contributed by atoms with E-state index in [2.05, 4.69) is 15.6 Å². The van der Waals surface area contributed by atoms with Crippen LogP contribution in [0.4, 0.5) is 16.2 Å². The van der Waals surface area contributed by atoms with Crippen molar-refractivity contribution in [3.8, 4) is 0 Å².